The second-order valence-corrected chi connectivity index (χ2v) is 3.20. The first-order chi connectivity index (χ1) is 6.11. The first-order valence-corrected chi connectivity index (χ1v) is 4.09. The van der Waals surface area contributed by atoms with Crippen LogP contribution < -0.4 is 5.90 Å². The Bertz CT molecular complexity index is 147. The molecule has 1 fully saturated rings. The van der Waals surface area contributed by atoms with Crippen molar-refractivity contribution in [3.63, 3.8) is 0 Å². The molecule has 0 spiro atoms. The van der Waals surface area contributed by atoms with Crippen molar-refractivity contribution in [1.82, 2.24) is 0 Å². The largest absolute Gasteiger partial charge is 0.394 e. The monoisotopic (exact) mass is 193 g/mol. The molecule has 1 aliphatic heterocycles. The van der Waals surface area contributed by atoms with Crippen LogP contribution in [0.1, 0.15) is 6.92 Å². The Balaban J connectivity index is 2.66. The first-order valence-electron chi connectivity index (χ1n) is 4.09. The maximum atomic E-state index is 9.47. The molecule has 0 bridgehead atoms. The van der Waals surface area contributed by atoms with Gasteiger partial charge in [0.1, 0.15) is 12.2 Å². The van der Waals surface area contributed by atoms with E-state index in [1.165, 1.54) is 0 Å². The van der Waals surface area contributed by atoms with E-state index in [1.807, 2.05) is 0 Å². The van der Waals surface area contributed by atoms with Gasteiger partial charge >= 0.3 is 0 Å². The molecule has 0 aromatic rings. The number of hydrogen-bond donors (Lipinski definition) is 4. The van der Waals surface area contributed by atoms with Crippen molar-refractivity contribution in [2.24, 2.45) is 11.8 Å². The lowest BCUT2D eigenvalue weighted by Crippen LogP contribution is -2.55. The Morgan fingerprint density at radius 2 is 2.00 bits per heavy atom. The zero-order valence-electron chi connectivity index (χ0n) is 7.33. The molecule has 0 aromatic heterocycles. The van der Waals surface area contributed by atoms with Gasteiger partial charge in [0, 0.05) is 5.92 Å². The van der Waals surface area contributed by atoms with E-state index in [-0.39, 0.29) is 6.61 Å². The van der Waals surface area contributed by atoms with E-state index < -0.39 is 30.5 Å². The van der Waals surface area contributed by atoms with Crippen molar-refractivity contribution in [3.8, 4) is 0 Å². The molecule has 0 aromatic carbocycles. The summed E-state index contributed by atoms with van der Waals surface area (Å²) in [6, 6.07) is 0. The normalized spacial score (nSPS) is 46.4. The topological polar surface area (TPSA) is 105 Å². The SMILES string of the molecule is CC1C(ON)OC(CO)C(O)C1O. The van der Waals surface area contributed by atoms with Crippen LogP contribution in [-0.2, 0) is 9.57 Å². The predicted octanol–water partition coefficient (Wildman–Crippen LogP) is -2.05. The van der Waals surface area contributed by atoms with E-state index in [0.29, 0.717) is 0 Å². The van der Waals surface area contributed by atoms with Gasteiger partial charge in [-0.3, -0.25) is 4.84 Å². The highest BCUT2D eigenvalue weighted by atomic mass is 16.8. The molecule has 0 aliphatic carbocycles. The Morgan fingerprint density at radius 3 is 2.46 bits per heavy atom. The summed E-state index contributed by atoms with van der Waals surface area (Å²) in [7, 11) is 0. The predicted molar refractivity (Wildman–Crippen MR) is 42.2 cm³/mol. The van der Waals surface area contributed by atoms with E-state index >= 15 is 0 Å². The quantitative estimate of drug-likeness (QED) is 0.376. The van der Waals surface area contributed by atoms with Gasteiger partial charge in [-0.25, -0.2) is 5.90 Å². The average Bonchev–Trinajstić information content (AvgIpc) is 2.15. The van der Waals surface area contributed by atoms with E-state index in [1.54, 1.807) is 6.92 Å². The third kappa shape index (κ3) is 1.98. The van der Waals surface area contributed by atoms with Crippen LogP contribution >= 0.6 is 0 Å². The second kappa shape index (κ2) is 4.32. The summed E-state index contributed by atoms with van der Waals surface area (Å²) in [5, 5.41) is 27.6. The van der Waals surface area contributed by atoms with Gasteiger partial charge < -0.3 is 20.1 Å². The van der Waals surface area contributed by atoms with Crippen molar-refractivity contribution < 1.29 is 24.9 Å². The lowest BCUT2D eigenvalue weighted by molar-refractivity contribution is -0.284. The smallest absolute Gasteiger partial charge is 0.182 e. The van der Waals surface area contributed by atoms with Crippen molar-refractivity contribution in [1.29, 1.82) is 0 Å². The van der Waals surface area contributed by atoms with Crippen LogP contribution in [-0.4, -0.2) is 46.5 Å². The molecule has 6 nitrogen and oxygen atoms in total. The molecule has 1 aliphatic rings. The minimum absolute atomic E-state index is 0.384. The Morgan fingerprint density at radius 1 is 1.38 bits per heavy atom. The van der Waals surface area contributed by atoms with Crippen LogP contribution in [0.5, 0.6) is 0 Å². The molecule has 0 radical (unpaired) electrons. The van der Waals surface area contributed by atoms with Gasteiger partial charge in [0.15, 0.2) is 6.29 Å². The van der Waals surface area contributed by atoms with E-state index in [4.69, 9.17) is 15.7 Å². The summed E-state index contributed by atoms with van der Waals surface area (Å²) in [6.07, 6.45) is -3.75. The Hall–Kier alpha value is -0.240. The lowest BCUT2D eigenvalue weighted by Gasteiger charge is -2.39. The van der Waals surface area contributed by atoms with Gasteiger partial charge in [0.2, 0.25) is 0 Å². The van der Waals surface area contributed by atoms with Gasteiger partial charge in [-0.2, -0.15) is 0 Å². The van der Waals surface area contributed by atoms with Gasteiger partial charge in [-0.1, -0.05) is 6.92 Å². The minimum atomic E-state index is -1.11. The fraction of sp³-hybridized carbons (Fsp3) is 1.00. The van der Waals surface area contributed by atoms with E-state index in [2.05, 4.69) is 4.84 Å². The standard InChI is InChI=1S/C7H15NO5/c1-3-5(10)6(11)4(2-9)12-7(3)13-8/h3-7,9-11H,2,8H2,1H3. The third-order valence-corrected chi connectivity index (χ3v) is 2.32. The molecule has 1 saturated heterocycles. The van der Waals surface area contributed by atoms with Crippen LogP contribution in [0.2, 0.25) is 0 Å². The molecule has 1 heterocycles. The van der Waals surface area contributed by atoms with E-state index in [0.717, 1.165) is 0 Å². The van der Waals surface area contributed by atoms with E-state index in [9.17, 15) is 10.2 Å². The summed E-state index contributed by atoms with van der Waals surface area (Å²) in [5.41, 5.74) is 0. The van der Waals surface area contributed by atoms with Crippen LogP contribution in [0.4, 0.5) is 0 Å². The number of nitrogens with two attached hydrogens (primary N) is 1. The average molecular weight is 193 g/mol. The molecule has 6 heteroatoms. The number of ether oxygens (including phenoxy) is 1. The number of hydrogen-bond acceptors (Lipinski definition) is 6. The summed E-state index contributed by atoms with van der Waals surface area (Å²) >= 11 is 0. The highest BCUT2D eigenvalue weighted by molar-refractivity contribution is 4.86. The molecule has 0 amide bonds. The first kappa shape index (κ1) is 10.8. The molecule has 78 valence electrons. The van der Waals surface area contributed by atoms with Crippen molar-refractivity contribution in [2.75, 3.05) is 6.61 Å². The van der Waals surface area contributed by atoms with Gasteiger partial charge in [0.25, 0.3) is 0 Å². The van der Waals surface area contributed by atoms with Crippen LogP contribution in [0.25, 0.3) is 0 Å². The number of aliphatic hydroxyl groups excluding tert-OH is 3. The fourth-order valence-corrected chi connectivity index (χ4v) is 1.38. The second-order valence-electron chi connectivity index (χ2n) is 3.20. The summed E-state index contributed by atoms with van der Waals surface area (Å²) in [4.78, 5) is 4.45. The molecule has 0 saturated carbocycles. The molecule has 5 unspecified atom stereocenters. The highest BCUT2D eigenvalue weighted by Crippen LogP contribution is 2.25. The summed E-state index contributed by atoms with van der Waals surface area (Å²) in [6.45, 7) is 1.25. The fourth-order valence-electron chi connectivity index (χ4n) is 1.38. The molecule has 13 heavy (non-hydrogen) atoms. The van der Waals surface area contributed by atoms with Crippen molar-refractivity contribution >= 4 is 0 Å². The number of aliphatic hydroxyl groups is 3. The van der Waals surface area contributed by atoms with Gasteiger partial charge in [-0.15, -0.1) is 0 Å². The van der Waals surface area contributed by atoms with Crippen molar-refractivity contribution in [2.45, 2.75) is 31.5 Å². The highest BCUT2D eigenvalue weighted by Gasteiger charge is 2.42. The van der Waals surface area contributed by atoms with Gasteiger partial charge in [-0.05, 0) is 0 Å². The van der Waals surface area contributed by atoms with Gasteiger partial charge in [0.05, 0.1) is 12.7 Å². The lowest BCUT2D eigenvalue weighted by atomic mass is 9.93. The summed E-state index contributed by atoms with van der Waals surface area (Å²) in [5.74, 6) is 4.49. The Kier molecular flexibility index (Phi) is 3.60. The maximum absolute atomic E-state index is 9.47. The molecule has 5 N–H and O–H groups in total. The minimum Gasteiger partial charge on any atom is -0.394 e. The zero-order chi connectivity index (χ0) is 10.0. The maximum Gasteiger partial charge on any atom is 0.182 e. The molecular formula is C7H15NO5. The molecule has 5 atom stereocenters. The Labute approximate surface area is 75.8 Å². The molecule has 1 rings (SSSR count). The van der Waals surface area contributed by atoms with Crippen molar-refractivity contribution in [3.05, 3.63) is 0 Å². The van der Waals surface area contributed by atoms with Crippen LogP contribution in [0, 0.1) is 5.92 Å². The van der Waals surface area contributed by atoms with Crippen LogP contribution in [0.15, 0.2) is 0 Å². The third-order valence-electron chi connectivity index (χ3n) is 2.32. The number of rotatable bonds is 2. The van der Waals surface area contributed by atoms with Crippen LogP contribution in [0.3, 0.4) is 0 Å². The summed E-state index contributed by atoms with van der Waals surface area (Å²) < 4.78 is 5.07. The molecular weight excluding hydrogens is 178 g/mol. The zero-order valence-corrected chi connectivity index (χ0v) is 7.33.